The van der Waals surface area contributed by atoms with Crippen LogP contribution in [0, 0.1) is 0 Å². The van der Waals surface area contributed by atoms with E-state index in [0.717, 1.165) is 5.76 Å². The van der Waals surface area contributed by atoms with Crippen LogP contribution in [0.1, 0.15) is 42.9 Å². The van der Waals surface area contributed by atoms with Crippen molar-refractivity contribution in [2.75, 3.05) is 7.11 Å². The van der Waals surface area contributed by atoms with E-state index in [9.17, 15) is 4.79 Å². The molecule has 0 spiro atoms. The van der Waals surface area contributed by atoms with E-state index in [2.05, 4.69) is 20.0 Å². The second kappa shape index (κ2) is 4.83. The first-order valence-electron chi connectivity index (χ1n) is 5.84. The minimum absolute atomic E-state index is 0.0925. The Morgan fingerprint density at radius 2 is 2.21 bits per heavy atom. The molecule has 19 heavy (non-hydrogen) atoms. The number of carbonyl (C=O) groups excluding carboxylic acids is 1. The Balaban J connectivity index is 2.11. The fourth-order valence-corrected chi connectivity index (χ4v) is 1.44. The first kappa shape index (κ1) is 13.3. The zero-order chi connectivity index (χ0) is 14.0. The van der Waals surface area contributed by atoms with E-state index in [1.807, 2.05) is 20.8 Å². The molecule has 0 atom stereocenters. The van der Waals surface area contributed by atoms with E-state index in [4.69, 9.17) is 4.42 Å². The fraction of sp³-hybridized carbons (Fsp3) is 0.500. The number of carbonyl (C=O) groups is 1. The van der Waals surface area contributed by atoms with E-state index < -0.39 is 5.97 Å². The molecule has 0 aliphatic rings. The van der Waals surface area contributed by atoms with Gasteiger partial charge in [-0.25, -0.2) is 14.5 Å². The molecule has 0 fully saturated rings. The lowest BCUT2D eigenvalue weighted by Crippen LogP contribution is -2.09. The van der Waals surface area contributed by atoms with Crippen LogP contribution < -0.4 is 0 Å². The molecule has 2 rings (SSSR count). The van der Waals surface area contributed by atoms with Crippen LogP contribution in [0.2, 0.25) is 0 Å². The molecular formula is C12H16N4O3. The van der Waals surface area contributed by atoms with Crippen molar-refractivity contribution in [3.8, 4) is 0 Å². The number of methoxy groups -OCH3 is 1. The van der Waals surface area contributed by atoms with E-state index in [0.29, 0.717) is 12.4 Å². The summed E-state index contributed by atoms with van der Waals surface area (Å²) in [4.78, 5) is 15.4. The molecule has 0 saturated heterocycles. The molecule has 102 valence electrons. The molecule has 7 nitrogen and oxygen atoms in total. The maximum Gasteiger partial charge on any atom is 0.360 e. The first-order valence-corrected chi connectivity index (χ1v) is 5.84. The van der Waals surface area contributed by atoms with Gasteiger partial charge in [0, 0.05) is 5.41 Å². The quantitative estimate of drug-likeness (QED) is 0.779. The molecule has 7 heteroatoms. The number of rotatable bonds is 3. The van der Waals surface area contributed by atoms with Crippen LogP contribution in [0.15, 0.2) is 16.8 Å². The number of hydrogen-bond acceptors (Lipinski definition) is 6. The molecule has 0 unspecified atom stereocenters. The predicted molar refractivity (Wildman–Crippen MR) is 65.7 cm³/mol. The van der Waals surface area contributed by atoms with Gasteiger partial charge in [0.2, 0.25) is 5.89 Å². The minimum atomic E-state index is -0.519. The molecule has 0 radical (unpaired) electrons. The second-order valence-corrected chi connectivity index (χ2v) is 5.16. The molecule has 0 aliphatic carbocycles. The van der Waals surface area contributed by atoms with Crippen molar-refractivity contribution < 1.29 is 13.9 Å². The van der Waals surface area contributed by atoms with Gasteiger partial charge in [-0.05, 0) is 0 Å². The van der Waals surface area contributed by atoms with Gasteiger partial charge in [0.1, 0.15) is 12.3 Å². The maximum atomic E-state index is 11.2. The molecule has 0 aromatic carbocycles. The van der Waals surface area contributed by atoms with Crippen molar-refractivity contribution in [2.45, 2.75) is 32.7 Å². The average Bonchev–Trinajstić information content (AvgIpc) is 2.97. The fourth-order valence-electron chi connectivity index (χ4n) is 1.44. The van der Waals surface area contributed by atoms with Gasteiger partial charge in [-0.1, -0.05) is 26.0 Å². The summed E-state index contributed by atoms with van der Waals surface area (Å²) in [7, 11) is 1.30. The Morgan fingerprint density at radius 1 is 1.47 bits per heavy atom. The van der Waals surface area contributed by atoms with Crippen molar-refractivity contribution in [3.05, 3.63) is 29.7 Å². The largest absolute Gasteiger partial charge is 0.464 e. The zero-order valence-corrected chi connectivity index (χ0v) is 11.4. The highest BCUT2D eigenvalue weighted by atomic mass is 16.5. The third-order valence-electron chi connectivity index (χ3n) is 2.52. The number of esters is 1. The van der Waals surface area contributed by atoms with Crippen molar-refractivity contribution in [1.82, 2.24) is 20.0 Å². The van der Waals surface area contributed by atoms with Gasteiger partial charge < -0.3 is 9.15 Å². The summed E-state index contributed by atoms with van der Waals surface area (Å²) >= 11 is 0. The Hall–Kier alpha value is -2.18. The summed E-state index contributed by atoms with van der Waals surface area (Å²) in [6, 6.07) is 0. The summed E-state index contributed by atoms with van der Waals surface area (Å²) in [6.45, 7) is 6.45. The van der Waals surface area contributed by atoms with Crippen LogP contribution in [-0.4, -0.2) is 33.1 Å². The van der Waals surface area contributed by atoms with E-state index >= 15 is 0 Å². The lowest BCUT2D eigenvalue weighted by molar-refractivity contribution is 0.0594. The van der Waals surface area contributed by atoms with Crippen molar-refractivity contribution >= 4 is 5.97 Å². The first-order chi connectivity index (χ1) is 8.90. The summed E-state index contributed by atoms with van der Waals surface area (Å²) in [5.41, 5.74) is 0.0650. The van der Waals surface area contributed by atoms with Crippen molar-refractivity contribution in [2.24, 2.45) is 0 Å². The van der Waals surface area contributed by atoms with Crippen molar-refractivity contribution in [3.63, 3.8) is 0 Å². The van der Waals surface area contributed by atoms with Gasteiger partial charge in [0.15, 0.2) is 5.69 Å². The number of oxazole rings is 1. The number of ether oxygens (including phenoxy) is 1. The number of nitrogens with zero attached hydrogens (tertiary/aromatic N) is 4. The molecular weight excluding hydrogens is 248 g/mol. The highest BCUT2D eigenvalue weighted by Gasteiger charge is 2.19. The highest BCUT2D eigenvalue weighted by molar-refractivity contribution is 5.86. The van der Waals surface area contributed by atoms with Crippen molar-refractivity contribution in [1.29, 1.82) is 0 Å². The topological polar surface area (TPSA) is 83.0 Å². The van der Waals surface area contributed by atoms with Gasteiger partial charge in [0.05, 0.1) is 19.5 Å². The lowest BCUT2D eigenvalue weighted by atomic mass is 9.94. The Morgan fingerprint density at radius 3 is 2.79 bits per heavy atom. The Kier molecular flexibility index (Phi) is 3.37. The summed E-state index contributed by atoms with van der Waals surface area (Å²) in [6.07, 6.45) is 3.19. The minimum Gasteiger partial charge on any atom is -0.464 e. The van der Waals surface area contributed by atoms with E-state index in [1.165, 1.54) is 18.0 Å². The molecule has 2 aromatic rings. The second-order valence-electron chi connectivity index (χ2n) is 5.16. The number of aromatic nitrogens is 4. The van der Waals surface area contributed by atoms with Gasteiger partial charge in [0.25, 0.3) is 0 Å². The van der Waals surface area contributed by atoms with E-state index in [-0.39, 0.29) is 11.1 Å². The Bertz CT molecular complexity index is 580. The molecule has 0 bridgehead atoms. The van der Waals surface area contributed by atoms with Gasteiger partial charge in [-0.3, -0.25) is 0 Å². The van der Waals surface area contributed by atoms with Crippen LogP contribution in [0.4, 0.5) is 0 Å². The van der Waals surface area contributed by atoms with Crippen LogP contribution in [0.5, 0.6) is 0 Å². The normalized spacial score (nSPS) is 11.6. The molecule has 2 aromatic heterocycles. The summed E-state index contributed by atoms with van der Waals surface area (Å²) in [5, 5.41) is 7.53. The van der Waals surface area contributed by atoms with Crippen LogP contribution in [0.25, 0.3) is 0 Å². The summed E-state index contributed by atoms with van der Waals surface area (Å²) < 4.78 is 11.7. The standard InChI is InChI=1S/C12H16N4O3/c1-12(2,3)9-5-13-10(19-9)7-16-6-8(14-15-16)11(17)18-4/h5-6H,7H2,1-4H3. The van der Waals surface area contributed by atoms with Gasteiger partial charge >= 0.3 is 5.97 Å². The third-order valence-corrected chi connectivity index (χ3v) is 2.52. The number of hydrogen-bond donors (Lipinski definition) is 0. The SMILES string of the molecule is COC(=O)c1cn(Cc2ncc(C(C)(C)C)o2)nn1. The molecule has 0 amide bonds. The van der Waals surface area contributed by atoms with Gasteiger partial charge in [-0.2, -0.15) is 0 Å². The average molecular weight is 264 g/mol. The predicted octanol–water partition coefficient (Wildman–Crippen LogP) is 1.40. The van der Waals surface area contributed by atoms with Crippen LogP contribution >= 0.6 is 0 Å². The monoisotopic (exact) mass is 264 g/mol. The van der Waals surface area contributed by atoms with Crippen LogP contribution in [0.3, 0.4) is 0 Å². The molecule has 0 N–H and O–H groups in total. The Labute approximate surface area is 110 Å². The van der Waals surface area contributed by atoms with E-state index in [1.54, 1.807) is 6.20 Å². The molecule has 0 aliphatic heterocycles. The lowest BCUT2D eigenvalue weighted by Gasteiger charge is -2.12. The third kappa shape index (κ3) is 2.98. The van der Waals surface area contributed by atoms with Crippen LogP contribution in [-0.2, 0) is 16.7 Å². The summed E-state index contributed by atoms with van der Waals surface area (Å²) in [5.74, 6) is 0.802. The zero-order valence-electron chi connectivity index (χ0n) is 11.4. The molecule has 0 saturated carbocycles. The maximum absolute atomic E-state index is 11.2. The molecule has 2 heterocycles. The smallest absolute Gasteiger partial charge is 0.360 e. The highest BCUT2D eigenvalue weighted by Crippen LogP contribution is 2.22. The van der Waals surface area contributed by atoms with Gasteiger partial charge in [-0.15, -0.1) is 5.10 Å².